The Kier molecular flexibility index (Phi) is 4.57. The Morgan fingerprint density at radius 3 is 2.50 bits per heavy atom. The number of rotatable bonds is 4. The Hall–Kier alpha value is -3.60. The minimum absolute atomic E-state index is 0.142. The fourth-order valence-electron chi connectivity index (χ4n) is 3.18. The Labute approximate surface area is 163 Å². The van der Waals surface area contributed by atoms with E-state index in [1.165, 1.54) is 5.56 Å². The lowest BCUT2D eigenvalue weighted by molar-refractivity contribution is 0.102. The number of carbonyl (C=O) groups is 1. The van der Waals surface area contributed by atoms with Crippen LogP contribution in [0.5, 0.6) is 5.75 Å². The number of imidazole rings is 1. The van der Waals surface area contributed by atoms with Gasteiger partial charge in [0.25, 0.3) is 5.91 Å². The van der Waals surface area contributed by atoms with Gasteiger partial charge in [0, 0.05) is 29.2 Å². The van der Waals surface area contributed by atoms with E-state index < -0.39 is 0 Å². The Morgan fingerprint density at radius 1 is 1.00 bits per heavy atom. The van der Waals surface area contributed by atoms with E-state index in [4.69, 9.17) is 4.74 Å². The van der Waals surface area contributed by atoms with Crippen LogP contribution in [0.1, 0.15) is 21.5 Å². The molecule has 0 aliphatic rings. The van der Waals surface area contributed by atoms with E-state index in [0.29, 0.717) is 5.56 Å². The number of amides is 1. The van der Waals surface area contributed by atoms with E-state index in [-0.39, 0.29) is 5.91 Å². The maximum Gasteiger partial charge on any atom is 0.255 e. The van der Waals surface area contributed by atoms with E-state index in [0.717, 1.165) is 33.9 Å². The number of anilines is 1. The van der Waals surface area contributed by atoms with Crippen LogP contribution in [0.3, 0.4) is 0 Å². The van der Waals surface area contributed by atoms with Crippen molar-refractivity contribution in [2.24, 2.45) is 0 Å². The molecular weight excluding hydrogens is 350 g/mol. The van der Waals surface area contributed by atoms with Crippen LogP contribution in [0.15, 0.2) is 67.0 Å². The zero-order valence-electron chi connectivity index (χ0n) is 16.1. The van der Waals surface area contributed by atoms with Gasteiger partial charge in [0.05, 0.1) is 12.8 Å². The van der Waals surface area contributed by atoms with Gasteiger partial charge in [0.15, 0.2) is 0 Å². The van der Waals surface area contributed by atoms with Crippen LogP contribution < -0.4 is 10.1 Å². The summed E-state index contributed by atoms with van der Waals surface area (Å²) in [5, 5.41) is 2.94. The van der Waals surface area contributed by atoms with Crippen LogP contribution in [0.25, 0.3) is 16.9 Å². The van der Waals surface area contributed by atoms with Crippen LogP contribution in [-0.2, 0) is 0 Å². The van der Waals surface area contributed by atoms with Crippen LogP contribution in [0.4, 0.5) is 5.69 Å². The summed E-state index contributed by atoms with van der Waals surface area (Å²) in [7, 11) is 1.61. The van der Waals surface area contributed by atoms with Crippen LogP contribution in [0, 0.1) is 13.8 Å². The van der Waals surface area contributed by atoms with E-state index in [9.17, 15) is 4.79 Å². The number of nitrogens with one attached hydrogen (secondary N) is 1. The number of hydrogen-bond donors (Lipinski definition) is 1. The predicted octanol–water partition coefficient (Wildman–Crippen LogP) is 4.88. The Balaban J connectivity index is 1.53. The highest BCUT2D eigenvalue weighted by Crippen LogP contribution is 2.23. The van der Waals surface area contributed by atoms with Crippen LogP contribution in [0.2, 0.25) is 0 Å². The highest BCUT2D eigenvalue weighted by atomic mass is 16.5. The molecule has 0 bridgehead atoms. The van der Waals surface area contributed by atoms with Crippen molar-refractivity contribution in [2.75, 3.05) is 12.4 Å². The number of hydrogen-bond acceptors (Lipinski definition) is 3. The molecule has 0 fully saturated rings. The largest absolute Gasteiger partial charge is 0.497 e. The summed E-state index contributed by atoms with van der Waals surface area (Å²) in [6.07, 6.45) is 4.06. The molecule has 5 nitrogen and oxygen atoms in total. The standard InChI is InChI=1S/C23H21N3O2/c1-15-4-11-22-25-21(14-26(22)13-15)17-5-7-18(8-6-17)24-23(27)20-10-9-19(28-3)12-16(20)2/h4-14H,1-3H3,(H,24,27). The number of methoxy groups -OCH3 is 1. The van der Waals surface area contributed by atoms with Gasteiger partial charge in [-0.1, -0.05) is 18.2 Å². The van der Waals surface area contributed by atoms with Crippen molar-refractivity contribution in [1.29, 1.82) is 0 Å². The molecule has 4 rings (SSSR count). The highest BCUT2D eigenvalue weighted by Gasteiger charge is 2.11. The molecule has 0 unspecified atom stereocenters. The second kappa shape index (κ2) is 7.19. The second-order valence-electron chi connectivity index (χ2n) is 6.81. The van der Waals surface area contributed by atoms with E-state index >= 15 is 0 Å². The van der Waals surface area contributed by atoms with Crippen molar-refractivity contribution in [3.63, 3.8) is 0 Å². The minimum Gasteiger partial charge on any atom is -0.497 e. The van der Waals surface area contributed by atoms with Gasteiger partial charge >= 0.3 is 0 Å². The lowest BCUT2D eigenvalue weighted by Crippen LogP contribution is -2.13. The number of carbonyl (C=O) groups excluding carboxylic acids is 1. The maximum atomic E-state index is 12.6. The number of aryl methyl sites for hydroxylation is 2. The van der Waals surface area contributed by atoms with Gasteiger partial charge in [-0.05, 0) is 61.4 Å². The molecular formula is C23H21N3O2. The van der Waals surface area contributed by atoms with Crippen molar-refractivity contribution >= 4 is 17.2 Å². The molecule has 0 spiro atoms. The van der Waals surface area contributed by atoms with Crippen molar-refractivity contribution in [3.05, 3.63) is 83.7 Å². The van der Waals surface area contributed by atoms with E-state index in [1.54, 1.807) is 19.2 Å². The molecule has 2 aromatic carbocycles. The molecule has 1 amide bonds. The lowest BCUT2D eigenvalue weighted by atomic mass is 10.1. The first-order valence-corrected chi connectivity index (χ1v) is 9.05. The van der Waals surface area contributed by atoms with Crippen molar-refractivity contribution in [2.45, 2.75) is 13.8 Å². The summed E-state index contributed by atoms with van der Waals surface area (Å²) in [5.41, 5.74) is 6.23. The van der Waals surface area contributed by atoms with Gasteiger partial charge in [0.1, 0.15) is 11.4 Å². The third kappa shape index (κ3) is 3.47. The van der Waals surface area contributed by atoms with E-state index in [2.05, 4.69) is 23.4 Å². The molecule has 0 aliphatic heterocycles. The quantitative estimate of drug-likeness (QED) is 0.556. The topological polar surface area (TPSA) is 55.6 Å². The first kappa shape index (κ1) is 17.8. The summed E-state index contributed by atoms with van der Waals surface area (Å²) in [4.78, 5) is 17.2. The number of pyridine rings is 1. The number of ether oxygens (including phenoxy) is 1. The number of fused-ring (bicyclic) bond motifs is 1. The number of aromatic nitrogens is 2. The number of nitrogens with zero attached hydrogens (tertiary/aromatic N) is 2. The fourth-order valence-corrected chi connectivity index (χ4v) is 3.18. The molecule has 2 aromatic heterocycles. The zero-order chi connectivity index (χ0) is 19.7. The SMILES string of the molecule is COc1ccc(C(=O)Nc2ccc(-c3cn4cc(C)ccc4n3)cc2)c(C)c1. The molecule has 4 aromatic rings. The summed E-state index contributed by atoms with van der Waals surface area (Å²) >= 11 is 0. The van der Waals surface area contributed by atoms with Crippen molar-refractivity contribution < 1.29 is 9.53 Å². The monoisotopic (exact) mass is 371 g/mol. The van der Waals surface area contributed by atoms with Gasteiger partial charge in [-0.25, -0.2) is 4.98 Å². The van der Waals surface area contributed by atoms with Crippen molar-refractivity contribution in [3.8, 4) is 17.0 Å². The predicted molar refractivity (Wildman–Crippen MR) is 111 cm³/mol. The lowest BCUT2D eigenvalue weighted by Gasteiger charge is -2.09. The van der Waals surface area contributed by atoms with Crippen LogP contribution >= 0.6 is 0 Å². The molecule has 0 radical (unpaired) electrons. The average Bonchev–Trinajstić information content (AvgIpc) is 3.11. The van der Waals surface area contributed by atoms with Gasteiger partial charge in [0.2, 0.25) is 0 Å². The highest BCUT2D eigenvalue weighted by molar-refractivity contribution is 6.05. The van der Waals surface area contributed by atoms with Crippen LogP contribution in [-0.4, -0.2) is 22.4 Å². The fraction of sp³-hybridized carbons (Fsp3) is 0.130. The molecule has 0 saturated carbocycles. The minimum atomic E-state index is -0.142. The smallest absolute Gasteiger partial charge is 0.255 e. The zero-order valence-corrected chi connectivity index (χ0v) is 16.1. The third-order valence-electron chi connectivity index (χ3n) is 4.72. The summed E-state index contributed by atoms with van der Waals surface area (Å²) < 4.78 is 7.21. The summed E-state index contributed by atoms with van der Waals surface area (Å²) in [6, 6.07) is 17.2. The molecule has 0 aliphatic carbocycles. The molecule has 0 atom stereocenters. The normalized spacial score (nSPS) is 10.8. The summed E-state index contributed by atoms with van der Waals surface area (Å²) in [6.45, 7) is 3.95. The average molecular weight is 371 g/mol. The first-order valence-electron chi connectivity index (χ1n) is 9.05. The molecule has 0 saturated heterocycles. The van der Waals surface area contributed by atoms with Gasteiger partial charge in [-0.15, -0.1) is 0 Å². The van der Waals surface area contributed by atoms with Crippen molar-refractivity contribution in [1.82, 2.24) is 9.38 Å². The summed E-state index contributed by atoms with van der Waals surface area (Å²) in [5.74, 6) is 0.595. The molecule has 1 N–H and O–H groups in total. The van der Waals surface area contributed by atoms with E-state index in [1.807, 2.05) is 60.0 Å². The first-order chi connectivity index (χ1) is 13.5. The second-order valence-corrected chi connectivity index (χ2v) is 6.81. The third-order valence-corrected chi connectivity index (χ3v) is 4.72. The molecule has 2 heterocycles. The van der Waals surface area contributed by atoms with Gasteiger partial charge in [-0.2, -0.15) is 0 Å². The Morgan fingerprint density at radius 2 is 1.79 bits per heavy atom. The molecule has 28 heavy (non-hydrogen) atoms. The number of benzene rings is 2. The molecule has 140 valence electrons. The Bertz CT molecular complexity index is 1160. The van der Waals surface area contributed by atoms with Gasteiger partial charge in [-0.3, -0.25) is 4.79 Å². The molecule has 5 heteroatoms. The van der Waals surface area contributed by atoms with Gasteiger partial charge < -0.3 is 14.5 Å². The maximum absolute atomic E-state index is 12.6.